The van der Waals surface area contributed by atoms with Crippen molar-refractivity contribution in [2.75, 3.05) is 63.3 Å². The fraction of sp³-hybridized carbons (Fsp3) is 0.621. The van der Waals surface area contributed by atoms with E-state index in [1.165, 1.54) is 17.4 Å². The maximum Gasteiger partial charge on any atom is 0.296 e. The monoisotopic (exact) mass is 555 g/mol. The second-order valence-corrected chi connectivity index (χ2v) is 11.2. The van der Waals surface area contributed by atoms with E-state index < -0.39 is 6.43 Å². The second kappa shape index (κ2) is 12.3. The van der Waals surface area contributed by atoms with Crippen molar-refractivity contribution >= 4 is 22.8 Å². The summed E-state index contributed by atoms with van der Waals surface area (Å²) in [6, 6.07) is 10.2. The molecule has 11 heteroatoms. The minimum Gasteiger partial charge on any atom is -0.381 e. The number of hydrogen-bond acceptors (Lipinski definition) is 8. The van der Waals surface area contributed by atoms with Gasteiger partial charge in [-0.15, -0.1) is 0 Å². The lowest BCUT2D eigenvalue weighted by Gasteiger charge is -2.40. The van der Waals surface area contributed by atoms with E-state index in [0.717, 1.165) is 45.4 Å². The van der Waals surface area contributed by atoms with Crippen molar-refractivity contribution in [3.63, 3.8) is 0 Å². The van der Waals surface area contributed by atoms with Crippen LogP contribution in [0, 0.1) is 5.92 Å². The number of nitrogens with one attached hydrogen (secondary N) is 1. The van der Waals surface area contributed by atoms with Crippen LogP contribution in [0.15, 0.2) is 30.3 Å². The largest absolute Gasteiger partial charge is 0.381 e. The number of ether oxygens (including phenoxy) is 2. The molecule has 0 unspecified atom stereocenters. The number of morpholine rings is 1. The van der Waals surface area contributed by atoms with Gasteiger partial charge in [0.25, 0.3) is 6.43 Å². The molecule has 0 spiro atoms. The number of hydrogen-bond donors (Lipinski definition) is 1. The molecule has 4 heterocycles. The SMILES string of the molecule is CN(C1CCOCC1)C1CCC(CNc2nc(N3CCOCC3)cc(-n3c(C(F)F)nc4ccccc43)n2)CC1. The summed E-state index contributed by atoms with van der Waals surface area (Å²) in [6.45, 7) is 5.07. The molecule has 216 valence electrons. The molecular formula is C29H39F2N7O2. The smallest absolute Gasteiger partial charge is 0.296 e. The molecular weight excluding hydrogens is 516 g/mol. The molecule has 1 aromatic carbocycles. The number of fused-ring (bicyclic) bond motifs is 1. The van der Waals surface area contributed by atoms with Crippen LogP contribution in [0.2, 0.25) is 0 Å². The number of para-hydroxylation sites is 2. The lowest BCUT2D eigenvalue weighted by Crippen LogP contribution is -2.45. The number of anilines is 2. The molecule has 1 saturated carbocycles. The molecule has 0 bridgehead atoms. The van der Waals surface area contributed by atoms with Crippen molar-refractivity contribution in [2.45, 2.75) is 57.0 Å². The van der Waals surface area contributed by atoms with Gasteiger partial charge < -0.3 is 24.6 Å². The molecule has 3 fully saturated rings. The number of rotatable bonds is 8. The normalized spacial score (nSPS) is 22.9. The number of alkyl halides is 2. The van der Waals surface area contributed by atoms with Gasteiger partial charge in [0.05, 0.1) is 24.2 Å². The molecule has 3 aromatic rings. The number of imidazole rings is 1. The molecule has 0 amide bonds. The number of aromatic nitrogens is 4. The van der Waals surface area contributed by atoms with Gasteiger partial charge in [-0.3, -0.25) is 4.57 Å². The predicted octanol–water partition coefficient (Wildman–Crippen LogP) is 4.67. The highest BCUT2D eigenvalue weighted by Gasteiger charge is 2.29. The summed E-state index contributed by atoms with van der Waals surface area (Å²) in [7, 11) is 2.28. The highest BCUT2D eigenvalue weighted by molar-refractivity contribution is 5.78. The number of benzene rings is 1. The van der Waals surface area contributed by atoms with Crippen molar-refractivity contribution in [1.82, 2.24) is 24.4 Å². The van der Waals surface area contributed by atoms with Gasteiger partial charge in [-0.1, -0.05) is 12.1 Å². The Morgan fingerprint density at radius 2 is 1.57 bits per heavy atom. The minimum atomic E-state index is -2.74. The summed E-state index contributed by atoms with van der Waals surface area (Å²) in [5.74, 6) is 1.76. The van der Waals surface area contributed by atoms with E-state index in [4.69, 9.17) is 19.4 Å². The van der Waals surface area contributed by atoms with E-state index >= 15 is 0 Å². The molecule has 1 N–H and O–H groups in total. The van der Waals surface area contributed by atoms with Crippen molar-refractivity contribution in [3.05, 3.63) is 36.2 Å². The van der Waals surface area contributed by atoms with Gasteiger partial charge in [-0.25, -0.2) is 13.8 Å². The highest BCUT2D eigenvalue weighted by atomic mass is 19.3. The van der Waals surface area contributed by atoms with E-state index in [1.54, 1.807) is 24.3 Å². The van der Waals surface area contributed by atoms with E-state index in [-0.39, 0.29) is 5.82 Å². The highest BCUT2D eigenvalue weighted by Crippen LogP contribution is 2.31. The fourth-order valence-corrected chi connectivity index (χ4v) is 6.38. The van der Waals surface area contributed by atoms with Crippen LogP contribution in [0.25, 0.3) is 16.9 Å². The molecule has 3 aliphatic rings. The van der Waals surface area contributed by atoms with E-state index in [9.17, 15) is 8.78 Å². The van der Waals surface area contributed by atoms with Crippen molar-refractivity contribution in [1.29, 1.82) is 0 Å². The number of halogens is 2. The van der Waals surface area contributed by atoms with Crippen LogP contribution in [-0.4, -0.2) is 89.6 Å². The van der Waals surface area contributed by atoms with Gasteiger partial charge in [-0.05, 0) is 63.6 Å². The van der Waals surface area contributed by atoms with Crippen molar-refractivity contribution < 1.29 is 18.3 Å². The predicted molar refractivity (Wildman–Crippen MR) is 150 cm³/mol. The first-order valence-corrected chi connectivity index (χ1v) is 14.6. The summed E-state index contributed by atoms with van der Waals surface area (Å²) in [5.41, 5.74) is 1.11. The first-order chi connectivity index (χ1) is 19.6. The summed E-state index contributed by atoms with van der Waals surface area (Å²) in [4.78, 5) is 18.5. The Hall–Kier alpha value is -2.89. The Labute approximate surface area is 233 Å². The molecule has 9 nitrogen and oxygen atoms in total. The van der Waals surface area contributed by atoms with E-state index in [0.29, 0.717) is 72.9 Å². The van der Waals surface area contributed by atoms with Crippen LogP contribution in [0.3, 0.4) is 0 Å². The molecule has 0 radical (unpaired) electrons. The Morgan fingerprint density at radius 1 is 0.900 bits per heavy atom. The van der Waals surface area contributed by atoms with Crippen LogP contribution >= 0.6 is 0 Å². The van der Waals surface area contributed by atoms with Gasteiger partial charge in [0.2, 0.25) is 5.95 Å². The van der Waals surface area contributed by atoms with Crippen LogP contribution in [0.5, 0.6) is 0 Å². The van der Waals surface area contributed by atoms with Crippen molar-refractivity contribution in [3.8, 4) is 5.82 Å². The Balaban J connectivity index is 1.20. The third-order valence-electron chi connectivity index (χ3n) is 8.75. The van der Waals surface area contributed by atoms with Gasteiger partial charge in [0.1, 0.15) is 11.6 Å². The summed E-state index contributed by atoms with van der Waals surface area (Å²) < 4.78 is 40.8. The fourth-order valence-electron chi connectivity index (χ4n) is 6.38. The zero-order valence-corrected chi connectivity index (χ0v) is 23.1. The lowest BCUT2D eigenvalue weighted by molar-refractivity contribution is 0.0193. The average molecular weight is 556 g/mol. The maximum absolute atomic E-state index is 14.1. The Kier molecular flexibility index (Phi) is 8.40. The molecule has 6 rings (SSSR count). The van der Waals surface area contributed by atoms with E-state index in [1.807, 2.05) is 6.07 Å². The second-order valence-electron chi connectivity index (χ2n) is 11.2. The van der Waals surface area contributed by atoms with E-state index in [2.05, 4.69) is 27.1 Å². The van der Waals surface area contributed by atoms with Crippen LogP contribution in [0.4, 0.5) is 20.5 Å². The molecule has 40 heavy (non-hydrogen) atoms. The molecule has 2 saturated heterocycles. The van der Waals surface area contributed by atoms with Crippen LogP contribution in [0.1, 0.15) is 50.8 Å². The first kappa shape index (κ1) is 27.3. The van der Waals surface area contributed by atoms with Crippen LogP contribution in [-0.2, 0) is 9.47 Å². The zero-order chi connectivity index (χ0) is 27.5. The Bertz CT molecular complexity index is 1270. The maximum atomic E-state index is 14.1. The summed E-state index contributed by atoms with van der Waals surface area (Å²) in [6.07, 6.45) is 4.15. The standard InChI is InChI=1S/C29H39F2N7O2/c1-36(22-10-14-39-15-11-22)21-8-6-20(7-9-21)19-32-29-34-25(37-12-16-40-17-13-37)18-26(35-29)38-24-5-3-2-4-23(24)33-28(38)27(30)31/h2-5,18,20-22,27H,6-17,19H2,1H3,(H,32,34,35). The molecule has 0 atom stereocenters. The third-order valence-corrected chi connectivity index (χ3v) is 8.75. The lowest BCUT2D eigenvalue weighted by atomic mass is 9.84. The number of nitrogens with zero attached hydrogens (tertiary/aromatic N) is 6. The molecule has 2 aromatic heterocycles. The van der Waals surface area contributed by atoms with Gasteiger partial charge in [0, 0.05) is 51.0 Å². The topological polar surface area (TPSA) is 80.6 Å². The molecule has 1 aliphatic carbocycles. The summed E-state index contributed by atoms with van der Waals surface area (Å²) >= 11 is 0. The van der Waals surface area contributed by atoms with Gasteiger partial charge in [-0.2, -0.15) is 9.97 Å². The Morgan fingerprint density at radius 3 is 2.33 bits per heavy atom. The summed E-state index contributed by atoms with van der Waals surface area (Å²) in [5, 5.41) is 3.47. The quantitative estimate of drug-likeness (QED) is 0.430. The zero-order valence-electron chi connectivity index (χ0n) is 23.1. The van der Waals surface area contributed by atoms with Crippen molar-refractivity contribution in [2.24, 2.45) is 5.92 Å². The minimum absolute atomic E-state index is 0.314. The van der Waals surface area contributed by atoms with Crippen LogP contribution < -0.4 is 10.2 Å². The molecule has 2 aliphatic heterocycles. The van der Waals surface area contributed by atoms with Gasteiger partial charge in [0.15, 0.2) is 5.82 Å². The average Bonchev–Trinajstić information content (AvgIpc) is 3.41. The van der Waals surface area contributed by atoms with Gasteiger partial charge >= 0.3 is 0 Å². The first-order valence-electron chi connectivity index (χ1n) is 14.6. The third kappa shape index (κ3) is 5.91.